The highest BCUT2D eigenvalue weighted by Gasteiger charge is 2.29. The topological polar surface area (TPSA) is 32.5 Å². The number of rotatable bonds is 4. The molecule has 0 aliphatic carbocycles. The second-order valence-corrected chi connectivity index (χ2v) is 6.44. The van der Waals surface area contributed by atoms with Crippen LogP contribution in [0.25, 0.3) is 0 Å². The molecule has 20 heavy (non-hydrogen) atoms. The van der Waals surface area contributed by atoms with E-state index in [0.29, 0.717) is 12.1 Å². The van der Waals surface area contributed by atoms with Gasteiger partial charge in [-0.25, -0.2) is 0 Å². The van der Waals surface area contributed by atoms with Gasteiger partial charge in [-0.1, -0.05) is 29.8 Å². The molecule has 0 amide bonds. The molecule has 3 heteroatoms. The number of piperidine rings is 1. The number of likely N-dealkylation sites (N-methyl/N-ethyl adjacent to an activating group) is 2. The molecule has 1 saturated heterocycles. The van der Waals surface area contributed by atoms with Crippen LogP contribution in [-0.4, -0.2) is 49.1 Å². The Morgan fingerprint density at radius 1 is 1.30 bits per heavy atom. The average molecular weight is 275 g/mol. The van der Waals surface area contributed by atoms with E-state index in [-0.39, 0.29) is 6.04 Å². The number of likely N-dealkylation sites (tertiary alicyclic amines) is 1. The van der Waals surface area contributed by atoms with Crippen molar-refractivity contribution in [1.29, 1.82) is 0 Å². The van der Waals surface area contributed by atoms with Crippen LogP contribution in [0.5, 0.6) is 0 Å². The van der Waals surface area contributed by atoms with Gasteiger partial charge < -0.3 is 10.6 Å². The molecular weight excluding hydrogens is 246 g/mol. The Kier molecular flexibility index (Phi) is 5.19. The summed E-state index contributed by atoms with van der Waals surface area (Å²) in [6.45, 7) is 6.61. The molecule has 0 saturated carbocycles. The highest BCUT2D eigenvalue weighted by atomic mass is 15.2. The van der Waals surface area contributed by atoms with Crippen LogP contribution in [0.4, 0.5) is 0 Å². The summed E-state index contributed by atoms with van der Waals surface area (Å²) in [4.78, 5) is 4.92. The third kappa shape index (κ3) is 3.60. The minimum Gasteiger partial charge on any atom is -0.326 e. The number of benzene rings is 1. The zero-order valence-electron chi connectivity index (χ0n) is 13.3. The van der Waals surface area contributed by atoms with Gasteiger partial charge in [-0.3, -0.25) is 4.90 Å². The van der Waals surface area contributed by atoms with E-state index in [1.54, 1.807) is 0 Å². The molecule has 1 aromatic rings. The first-order chi connectivity index (χ1) is 9.49. The van der Waals surface area contributed by atoms with Crippen LogP contribution in [-0.2, 0) is 0 Å². The van der Waals surface area contributed by atoms with Gasteiger partial charge in [0.1, 0.15) is 0 Å². The predicted molar refractivity (Wildman–Crippen MR) is 85.9 cm³/mol. The molecule has 1 aliphatic rings. The monoisotopic (exact) mass is 275 g/mol. The quantitative estimate of drug-likeness (QED) is 0.916. The lowest BCUT2D eigenvalue weighted by atomic mass is 9.95. The molecule has 112 valence electrons. The first-order valence-corrected chi connectivity index (χ1v) is 7.71. The number of nitrogens with two attached hydrogens (primary N) is 1. The molecule has 0 aromatic heterocycles. The maximum Gasteiger partial charge on any atom is 0.0496 e. The lowest BCUT2D eigenvalue weighted by molar-refractivity contribution is 0.0893. The van der Waals surface area contributed by atoms with Gasteiger partial charge in [0.25, 0.3) is 0 Å². The van der Waals surface area contributed by atoms with Crippen molar-refractivity contribution in [2.24, 2.45) is 5.73 Å². The highest BCUT2D eigenvalue weighted by Crippen LogP contribution is 2.27. The van der Waals surface area contributed by atoms with Crippen LogP contribution < -0.4 is 5.73 Å². The lowest BCUT2D eigenvalue weighted by Crippen LogP contribution is -2.49. The Morgan fingerprint density at radius 2 is 1.95 bits per heavy atom. The van der Waals surface area contributed by atoms with Crippen LogP contribution in [0, 0.1) is 6.92 Å². The standard InChI is InChI=1S/C17H29N3/c1-13-7-9-15(10-8-13)17(14(2)18)20(4)16-6-5-11-19(3)12-16/h7-10,14,16-17H,5-6,11-12,18H2,1-4H3. The Bertz CT molecular complexity index is 413. The summed E-state index contributed by atoms with van der Waals surface area (Å²) < 4.78 is 0. The van der Waals surface area contributed by atoms with Crippen LogP contribution in [0.1, 0.15) is 36.9 Å². The van der Waals surface area contributed by atoms with Crippen molar-refractivity contribution < 1.29 is 0 Å². The van der Waals surface area contributed by atoms with Gasteiger partial charge in [0.15, 0.2) is 0 Å². The van der Waals surface area contributed by atoms with Crippen molar-refractivity contribution in [2.45, 2.75) is 44.8 Å². The van der Waals surface area contributed by atoms with Crippen molar-refractivity contribution in [3.63, 3.8) is 0 Å². The third-order valence-corrected chi connectivity index (χ3v) is 4.53. The highest BCUT2D eigenvalue weighted by molar-refractivity contribution is 5.25. The Balaban J connectivity index is 2.17. The molecular formula is C17H29N3. The first-order valence-electron chi connectivity index (χ1n) is 7.71. The van der Waals surface area contributed by atoms with Crippen molar-refractivity contribution >= 4 is 0 Å². The van der Waals surface area contributed by atoms with E-state index in [4.69, 9.17) is 5.73 Å². The fourth-order valence-corrected chi connectivity index (χ4v) is 3.37. The molecule has 1 fully saturated rings. The third-order valence-electron chi connectivity index (χ3n) is 4.53. The largest absolute Gasteiger partial charge is 0.326 e. The number of hydrogen-bond acceptors (Lipinski definition) is 3. The number of aryl methyl sites for hydroxylation is 1. The molecule has 0 bridgehead atoms. The Labute approximate surface area is 123 Å². The van der Waals surface area contributed by atoms with Gasteiger partial charge in [-0.05, 0) is 52.9 Å². The second kappa shape index (κ2) is 6.70. The summed E-state index contributed by atoms with van der Waals surface area (Å²) in [5.41, 5.74) is 8.93. The zero-order chi connectivity index (χ0) is 14.7. The lowest BCUT2D eigenvalue weighted by Gasteiger charge is -2.41. The fraction of sp³-hybridized carbons (Fsp3) is 0.647. The van der Waals surface area contributed by atoms with Gasteiger partial charge in [0.05, 0.1) is 0 Å². The summed E-state index contributed by atoms with van der Waals surface area (Å²) in [7, 11) is 4.45. The van der Waals surface area contributed by atoms with E-state index in [0.717, 1.165) is 6.54 Å². The molecule has 3 unspecified atom stereocenters. The van der Waals surface area contributed by atoms with Crippen molar-refractivity contribution in [3.05, 3.63) is 35.4 Å². The smallest absolute Gasteiger partial charge is 0.0496 e. The molecule has 1 aliphatic heterocycles. The minimum atomic E-state index is 0.134. The molecule has 2 rings (SSSR count). The molecule has 0 radical (unpaired) electrons. The summed E-state index contributed by atoms with van der Waals surface area (Å²) in [6, 6.07) is 9.86. The van der Waals surface area contributed by atoms with E-state index in [1.165, 1.54) is 30.5 Å². The predicted octanol–water partition coefficient (Wildman–Crippen LogP) is 2.41. The molecule has 2 N–H and O–H groups in total. The maximum atomic E-state index is 6.29. The number of hydrogen-bond donors (Lipinski definition) is 1. The molecule has 3 nitrogen and oxygen atoms in total. The average Bonchev–Trinajstić information content (AvgIpc) is 2.41. The van der Waals surface area contributed by atoms with E-state index in [2.05, 4.69) is 62.0 Å². The molecule has 1 aromatic carbocycles. The van der Waals surface area contributed by atoms with E-state index >= 15 is 0 Å². The van der Waals surface area contributed by atoms with E-state index < -0.39 is 0 Å². The Hall–Kier alpha value is -0.900. The van der Waals surface area contributed by atoms with Gasteiger partial charge in [0.2, 0.25) is 0 Å². The Morgan fingerprint density at radius 3 is 2.50 bits per heavy atom. The van der Waals surface area contributed by atoms with Crippen LogP contribution in [0.2, 0.25) is 0 Å². The van der Waals surface area contributed by atoms with Crippen LogP contribution in [0.3, 0.4) is 0 Å². The zero-order valence-corrected chi connectivity index (χ0v) is 13.3. The van der Waals surface area contributed by atoms with Gasteiger partial charge >= 0.3 is 0 Å². The summed E-state index contributed by atoms with van der Waals surface area (Å²) in [6.07, 6.45) is 2.56. The van der Waals surface area contributed by atoms with E-state index in [9.17, 15) is 0 Å². The van der Waals surface area contributed by atoms with Crippen molar-refractivity contribution in [3.8, 4) is 0 Å². The normalized spacial score (nSPS) is 23.8. The van der Waals surface area contributed by atoms with Gasteiger partial charge in [-0.2, -0.15) is 0 Å². The summed E-state index contributed by atoms with van der Waals surface area (Å²) in [5.74, 6) is 0. The maximum absolute atomic E-state index is 6.29. The first kappa shape index (κ1) is 15.5. The van der Waals surface area contributed by atoms with E-state index in [1.807, 2.05) is 0 Å². The second-order valence-electron chi connectivity index (χ2n) is 6.44. The van der Waals surface area contributed by atoms with Crippen LogP contribution >= 0.6 is 0 Å². The van der Waals surface area contributed by atoms with Gasteiger partial charge in [-0.15, -0.1) is 0 Å². The SMILES string of the molecule is Cc1ccc(C(C(C)N)N(C)C2CCCN(C)C2)cc1. The minimum absolute atomic E-state index is 0.134. The van der Waals surface area contributed by atoms with Crippen LogP contribution in [0.15, 0.2) is 24.3 Å². The number of nitrogens with zero attached hydrogens (tertiary/aromatic N) is 2. The fourth-order valence-electron chi connectivity index (χ4n) is 3.37. The van der Waals surface area contributed by atoms with Gasteiger partial charge in [0, 0.05) is 24.7 Å². The summed E-state index contributed by atoms with van der Waals surface area (Å²) in [5, 5.41) is 0. The molecule has 1 heterocycles. The molecule has 3 atom stereocenters. The molecule has 0 spiro atoms. The summed E-state index contributed by atoms with van der Waals surface area (Å²) >= 11 is 0. The van der Waals surface area contributed by atoms with Crippen molar-refractivity contribution in [2.75, 3.05) is 27.2 Å². The van der Waals surface area contributed by atoms with Crippen molar-refractivity contribution in [1.82, 2.24) is 9.80 Å².